The molecule has 0 aliphatic heterocycles. The number of aromatic nitrogens is 2. The van der Waals surface area contributed by atoms with Crippen LogP contribution in [-0.2, 0) is 11.2 Å². The molecule has 1 atom stereocenters. The molecule has 0 aromatic carbocycles. The zero-order valence-corrected chi connectivity index (χ0v) is 10.6. The minimum atomic E-state index is -1.28. The lowest BCUT2D eigenvalue weighted by molar-refractivity contribution is -0.140. The second-order valence-corrected chi connectivity index (χ2v) is 4.10. The summed E-state index contributed by atoms with van der Waals surface area (Å²) in [6.07, 6.45) is 3.22. The molecule has 1 rings (SSSR count). The quantitative estimate of drug-likeness (QED) is 0.423. The number of aliphatic hydroxyl groups is 1. The number of nitrogens with one attached hydrogen (secondary N) is 3. The Morgan fingerprint density at radius 2 is 2.26 bits per heavy atom. The largest absolute Gasteiger partial charge is 0.480 e. The number of aryl methyl sites for hydroxylation is 2. The van der Waals surface area contributed by atoms with Crippen molar-refractivity contribution in [3.05, 3.63) is 17.5 Å². The van der Waals surface area contributed by atoms with Gasteiger partial charge in [-0.25, -0.2) is 9.59 Å². The van der Waals surface area contributed by atoms with Crippen molar-refractivity contribution in [2.45, 2.75) is 25.8 Å². The minimum absolute atomic E-state index is 0.411. The maximum absolute atomic E-state index is 11.3. The Kier molecular flexibility index (Phi) is 5.80. The summed E-state index contributed by atoms with van der Waals surface area (Å²) in [7, 11) is 0. The number of aliphatic hydroxyl groups excluding tert-OH is 1. The normalized spacial score (nSPS) is 11.9. The molecule has 0 radical (unpaired) electrons. The second-order valence-electron chi connectivity index (χ2n) is 4.10. The number of aliphatic carboxylic acids is 1. The van der Waals surface area contributed by atoms with Crippen molar-refractivity contribution in [1.82, 2.24) is 20.8 Å². The summed E-state index contributed by atoms with van der Waals surface area (Å²) in [5.41, 5.74) is 2.08. The fourth-order valence-electron chi connectivity index (χ4n) is 1.50. The molecule has 8 nitrogen and oxygen atoms in total. The third-order valence-corrected chi connectivity index (χ3v) is 2.63. The number of carbonyl (C=O) groups is 2. The zero-order chi connectivity index (χ0) is 14.3. The van der Waals surface area contributed by atoms with Crippen molar-refractivity contribution in [1.29, 1.82) is 0 Å². The fraction of sp³-hybridized carbons (Fsp3) is 0.545. The number of hydrogen-bond acceptors (Lipinski definition) is 4. The van der Waals surface area contributed by atoms with Gasteiger partial charge in [-0.1, -0.05) is 0 Å². The summed E-state index contributed by atoms with van der Waals surface area (Å²) in [6.45, 7) is 1.69. The van der Waals surface area contributed by atoms with Crippen LogP contribution >= 0.6 is 0 Å². The predicted molar refractivity (Wildman–Crippen MR) is 66.7 cm³/mol. The number of carbonyl (C=O) groups excluding carboxylic acids is 1. The van der Waals surface area contributed by atoms with E-state index in [0.717, 1.165) is 17.7 Å². The van der Waals surface area contributed by atoms with Gasteiger partial charge in [0, 0.05) is 12.2 Å². The number of H-pyrrole nitrogens is 1. The monoisotopic (exact) mass is 270 g/mol. The Labute approximate surface area is 110 Å². The first kappa shape index (κ1) is 15.0. The Morgan fingerprint density at radius 3 is 2.79 bits per heavy atom. The molecule has 0 unspecified atom stereocenters. The Morgan fingerprint density at radius 1 is 1.53 bits per heavy atom. The van der Waals surface area contributed by atoms with Crippen LogP contribution in [0.4, 0.5) is 4.79 Å². The standard InChI is InChI=1S/C11H18N4O4/c1-7-8(5-13-15-7)3-2-4-12-11(19)14-9(6-16)10(17)18/h5,9,16H,2-4,6H2,1H3,(H,13,15)(H,17,18)(H2,12,14,19)/t9-/m0/s1. The zero-order valence-electron chi connectivity index (χ0n) is 10.6. The van der Waals surface area contributed by atoms with Gasteiger partial charge in [-0.2, -0.15) is 5.10 Å². The number of aromatic amines is 1. The topological polar surface area (TPSA) is 127 Å². The number of carboxylic acid groups (broad SMARTS) is 1. The van der Waals surface area contributed by atoms with E-state index in [-0.39, 0.29) is 0 Å². The summed E-state index contributed by atoms with van der Waals surface area (Å²) < 4.78 is 0. The van der Waals surface area contributed by atoms with E-state index in [1.807, 2.05) is 6.92 Å². The lowest BCUT2D eigenvalue weighted by atomic mass is 10.1. The molecule has 5 N–H and O–H groups in total. The SMILES string of the molecule is Cc1[nH]ncc1CCCNC(=O)N[C@@H](CO)C(=O)O. The fourth-order valence-corrected chi connectivity index (χ4v) is 1.50. The van der Waals surface area contributed by atoms with Crippen molar-refractivity contribution in [3.8, 4) is 0 Å². The molecule has 19 heavy (non-hydrogen) atoms. The van der Waals surface area contributed by atoms with Crippen molar-refractivity contribution < 1.29 is 19.8 Å². The van der Waals surface area contributed by atoms with Gasteiger partial charge in [-0.05, 0) is 25.3 Å². The van der Waals surface area contributed by atoms with E-state index in [1.54, 1.807) is 6.20 Å². The lowest BCUT2D eigenvalue weighted by Gasteiger charge is -2.12. The van der Waals surface area contributed by atoms with E-state index < -0.39 is 24.6 Å². The minimum Gasteiger partial charge on any atom is -0.480 e. The van der Waals surface area contributed by atoms with E-state index in [9.17, 15) is 9.59 Å². The van der Waals surface area contributed by atoms with Gasteiger partial charge < -0.3 is 20.8 Å². The average molecular weight is 270 g/mol. The lowest BCUT2D eigenvalue weighted by Crippen LogP contribution is -2.48. The molecule has 0 saturated carbocycles. The summed E-state index contributed by atoms with van der Waals surface area (Å²) >= 11 is 0. The molecule has 0 aliphatic rings. The summed E-state index contributed by atoms with van der Waals surface area (Å²) in [5, 5.41) is 28.8. The van der Waals surface area contributed by atoms with Crippen molar-refractivity contribution in [2.24, 2.45) is 0 Å². The third kappa shape index (κ3) is 4.96. The van der Waals surface area contributed by atoms with Crippen LogP contribution < -0.4 is 10.6 Å². The van der Waals surface area contributed by atoms with E-state index in [0.29, 0.717) is 13.0 Å². The molecule has 0 saturated heterocycles. The maximum Gasteiger partial charge on any atom is 0.328 e. The maximum atomic E-state index is 11.3. The van der Waals surface area contributed by atoms with Gasteiger partial charge in [0.2, 0.25) is 0 Å². The van der Waals surface area contributed by atoms with Crippen LogP contribution in [0.3, 0.4) is 0 Å². The van der Waals surface area contributed by atoms with Crippen LogP contribution in [0.5, 0.6) is 0 Å². The van der Waals surface area contributed by atoms with Gasteiger partial charge in [-0.15, -0.1) is 0 Å². The third-order valence-electron chi connectivity index (χ3n) is 2.63. The van der Waals surface area contributed by atoms with Crippen LogP contribution in [-0.4, -0.2) is 51.6 Å². The molecular weight excluding hydrogens is 252 g/mol. The summed E-state index contributed by atoms with van der Waals surface area (Å²) in [4.78, 5) is 21.9. The summed E-state index contributed by atoms with van der Waals surface area (Å²) in [5.74, 6) is -1.27. The number of nitrogens with zero attached hydrogens (tertiary/aromatic N) is 1. The smallest absolute Gasteiger partial charge is 0.328 e. The molecule has 0 bridgehead atoms. The van der Waals surface area contributed by atoms with E-state index in [2.05, 4.69) is 20.8 Å². The van der Waals surface area contributed by atoms with Crippen LogP contribution in [0.25, 0.3) is 0 Å². The molecule has 0 spiro atoms. The molecule has 106 valence electrons. The van der Waals surface area contributed by atoms with Crippen LogP contribution in [0.15, 0.2) is 6.20 Å². The highest BCUT2D eigenvalue weighted by Gasteiger charge is 2.17. The highest BCUT2D eigenvalue weighted by atomic mass is 16.4. The first-order valence-corrected chi connectivity index (χ1v) is 5.91. The van der Waals surface area contributed by atoms with Gasteiger partial charge in [0.05, 0.1) is 12.8 Å². The molecule has 0 aliphatic carbocycles. The average Bonchev–Trinajstić information content (AvgIpc) is 2.77. The van der Waals surface area contributed by atoms with Gasteiger partial charge in [0.1, 0.15) is 0 Å². The van der Waals surface area contributed by atoms with E-state index >= 15 is 0 Å². The molecule has 0 fully saturated rings. The molecule has 1 aromatic heterocycles. The molecule has 2 amide bonds. The van der Waals surface area contributed by atoms with Crippen molar-refractivity contribution >= 4 is 12.0 Å². The second kappa shape index (κ2) is 7.37. The number of rotatable bonds is 7. The molecular formula is C11H18N4O4. The molecule has 1 aromatic rings. The predicted octanol–water partition coefficient (Wildman–Crippen LogP) is -0.605. The first-order chi connectivity index (χ1) is 9.04. The highest BCUT2D eigenvalue weighted by molar-refractivity contribution is 5.82. The van der Waals surface area contributed by atoms with E-state index in [4.69, 9.17) is 10.2 Å². The van der Waals surface area contributed by atoms with Crippen LogP contribution in [0, 0.1) is 6.92 Å². The number of carboxylic acids is 1. The van der Waals surface area contributed by atoms with Gasteiger partial charge in [0.15, 0.2) is 6.04 Å². The summed E-state index contributed by atoms with van der Waals surface area (Å²) in [6, 6.07) is -1.89. The Balaban J connectivity index is 2.20. The number of hydrogen-bond donors (Lipinski definition) is 5. The van der Waals surface area contributed by atoms with Gasteiger partial charge in [0.25, 0.3) is 0 Å². The van der Waals surface area contributed by atoms with Crippen molar-refractivity contribution in [2.75, 3.05) is 13.2 Å². The Bertz CT molecular complexity index is 432. The Hall–Kier alpha value is -2.09. The molecule has 1 heterocycles. The van der Waals surface area contributed by atoms with Crippen LogP contribution in [0.1, 0.15) is 17.7 Å². The van der Waals surface area contributed by atoms with Gasteiger partial charge in [-0.3, -0.25) is 5.10 Å². The van der Waals surface area contributed by atoms with E-state index in [1.165, 1.54) is 0 Å². The van der Waals surface area contributed by atoms with Crippen molar-refractivity contribution in [3.63, 3.8) is 0 Å². The van der Waals surface area contributed by atoms with Crippen LogP contribution in [0.2, 0.25) is 0 Å². The molecule has 8 heteroatoms. The van der Waals surface area contributed by atoms with Gasteiger partial charge >= 0.3 is 12.0 Å². The first-order valence-electron chi connectivity index (χ1n) is 5.91. The highest BCUT2D eigenvalue weighted by Crippen LogP contribution is 2.04. The number of amides is 2. The number of urea groups is 1.